The second kappa shape index (κ2) is 4.56. The van der Waals surface area contributed by atoms with Crippen LogP contribution in [-0.4, -0.2) is 18.2 Å². The molecule has 0 bridgehead atoms. The Labute approximate surface area is 95.0 Å². The van der Waals surface area contributed by atoms with Gasteiger partial charge in [0.05, 0.1) is 13.0 Å². The maximum absolute atomic E-state index is 11.3. The Morgan fingerprint density at radius 2 is 2.25 bits per heavy atom. The van der Waals surface area contributed by atoms with Crippen LogP contribution in [0.3, 0.4) is 0 Å². The van der Waals surface area contributed by atoms with Crippen LogP contribution in [0.5, 0.6) is 5.75 Å². The Morgan fingerprint density at radius 3 is 2.75 bits per heavy atom. The summed E-state index contributed by atoms with van der Waals surface area (Å²) >= 11 is 0. The lowest BCUT2D eigenvalue weighted by molar-refractivity contribution is -0.141. The molecule has 0 aromatic heterocycles. The van der Waals surface area contributed by atoms with E-state index < -0.39 is 5.97 Å². The lowest BCUT2D eigenvalue weighted by Crippen LogP contribution is -2.26. The molecule has 1 aromatic rings. The number of carbonyl (C=O) groups is 1. The van der Waals surface area contributed by atoms with Crippen LogP contribution in [0, 0.1) is 5.92 Å². The van der Waals surface area contributed by atoms with Gasteiger partial charge in [-0.25, -0.2) is 0 Å². The van der Waals surface area contributed by atoms with Crippen molar-refractivity contribution >= 4 is 5.97 Å². The van der Waals surface area contributed by atoms with Gasteiger partial charge in [-0.15, -0.1) is 0 Å². The molecule has 3 nitrogen and oxygen atoms in total. The van der Waals surface area contributed by atoms with Crippen molar-refractivity contribution in [3.05, 3.63) is 29.8 Å². The molecule has 1 saturated carbocycles. The van der Waals surface area contributed by atoms with E-state index in [0.717, 1.165) is 30.6 Å². The van der Waals surface area contributed by atoms with Crippen molar-refractivity contribution in [2.24, 2.45) is 5.92 Å². The van der Waals surface area contributed by atoms with E-state index in [0.29, 0.717) is 5.92 Å². The zero-order valence-corrected chi connectivity index (χ0v) is 9.35. The summed E-state index contributed by atoms with van der Waals surface area (Å²) in [6.07, 6.45) is 3.20. The van der Waals surface area contributed by atoms with Crippen LogP contribution in [0.25, 0.3) is 0 Å². The minimum Gasteiger partial charge on any atom is -0.497 e. The van der Waals surface area contributed by atoms with E-state index in [1.54, 1.807) is 7.11 Å². The van der Waals surface area contributed by atoms with Gasteiger partial charge in [0.25, 0.3) is 0 Å². The Morgan fingerprint density at radius 1 is 1.50 bits per heavy atom. The molecular weight excluding hydrogens is 204 g/mol. The number of methoxy groups -OCH3 is 1. The van der Waals surface area contributed by atoms with Crippen molar-refractivity contribution in [3.63, 3.8) is 0 Å². The number of ether oxygens (including phenoxy) is 1. The summed E-state index contributed by atoms with van der Waals surface area (Å²) in [6.45, 7) is 0. The molecule has 1 aromatic carbocycles. The number of hydrogen-bond acceptors (Lipinski definition) is 2. The van der Waals surface area contributed by atoms with Crippen molar-refractivity contribution in [1.29, 1.82) is 0 Å². The smallest absolute Gasteiger partial charge is 0.311 e. The van der Waals surface area contributed by atoms with Gasteiger partial charge in [0.1, 0.15) is 5.75 Å². The van der Waals surface area contributed by atoms with Crippen LogP contribution < -0.4 is 4.74 Å². The predicted molar refractivity (Wildman–Crippen MR) is 60.7 cm³/mol. The molecule has 0 aliphatic heterocycles. The van der Waals surface area contributed by atoms with Crippen LogP contribution >= 0.6 is 0 Å². The predicted octanol–water partition coefficient (Wildman–Crippen LogP) is 2.66. The topological polar surface area (TPSA) is 46.5 Å². The highest BCUT2D eigenvalue weighted by molar-refractivity contribution is 5.76. The van der Waals surface area contributed by atoms with Gasteiger partial charge in [-0.05, 0) is 36.5 Å². The van der Waals surface area contributed by atoms with Crippen molar-refractivity contribution < 1.29 is 14.6 Å². The molecular formula is C13H16O3. The zero-order chi connectivity index (χ0) is 11.5. The third-order valence-corrected chi connectivity index (χ3v) is 3.34. The first kappa shape index (κ1) is 11.0. The summed E-state index contributed by atoms with van der Waals surface area (Å²) < 4.78 is 5.12. The fraction of sp³-hybridized carbons (Fsp3) is 0.462. The van der Waals surface area contributed by atoms with Gasteiger partial charge in [0.15, 0.2) is 0 Å². The average molecular weight is 220 g/mol. The molecule has 1 atom stereocenters. The zero-order valence-electron chi connectivity index (χ0n) is 9.35. The Balaban J connectivity index is 2.26. The van der Waals surface area contributed by atoms with Crippen molar-refractivity contribution in [1.82, 2.24) is 0 Å². The molecule has 0 heterocycles. The van der Waals surface area contributed by atoms with Crippen molar-refractivity contribution in [3.8, 4) is 5.75 Å². The molecule has 3 heteroatoms. The number of benzene rings is 1. The molecule has 0 amide bonds. The molecule has 1 fully saturated rings. The highest BCUT2D eigenvalue weighted by atomic mass is 16.5. The van der Waals surface area contributed by atoms with Crippen LogP contribution in [0.15, 0.2) is 24.3 Å². The second-order valence-electron chi connectivity index (χ2n) is 4.28. The summed E-state index contributed by atoms with van der Waals surface area (Å²) in [7, 11) is 1.60. The molecule has 1 aliphatic carbocycles. The maximum atomic E-state index is 11.3. The Hall–Kier alpha value is -1.51. The van der Waals surface area contributed by atoms with Gasteiger partial charge < -0.3 is 9.84 Å². The van der Waals surface area contributed by atoms with Gasteiger partial charge in [-0.1, -0.05) is 18.6 Å². The van der Waals surface area contributed by atoms with Crippen molar-refractivity contribution in [2.75, 3.05) is 7.11 Å². The molecule has 0 saturated heterocycles. The molecule has 1 unspecified atom stereocenters. The van der Waals surface area contributed by atoms with E-state index in [1.807, 2.05) is 24.3 Å². The summed E-state index contributed by atoms with van der Waals surface area (Å²) in [6, 6.07) is 7.39. The van der Waals surface area contributed by atoms with E-state index in [2.05, 4.69) is 0 Å². The summed E-state index contributed by atoms with van der Waals surface area (Å²) in [5.74, 6) is -0.0746. The standard InChI is InChI=1S/C13H16O3/c1-16-11-7-3-6-10(8-11)12(13(14)15)9-4-2-5-9/h3,6-9,12H,2,4-5H2,1H3,(H,14,15). The van der Waals surface area contributed by atoms with Crippen molar-refractivity contribution in [2.45, 2.75) is 25.2 Å². The third-order valence-electron chi connectivity index (χ3n) is 3.34. The molecule has 1 aliphatic rings. The molecule has 0 radical (unpaired) electrons. The summed E-state index contributed by atoms with van der Waals surface area (Å²) in [5, 5.41) is 9.28. The fourth-order valence-electron chi connectivity index (χ4n) is 2.22. The molecule has 16 heavy (non-hydrogen) atoms. The SMILES string of the molecule is COc1cccc(C(C(=O)O)C2CCC2)c1. The van der Waals surface area contributed by atoms with E-state index in [-0.39, 0.29) is 5.92 Å². The first-order valence-electron chi connectivity index (χ1n) is 5.59. The summed E-state index contributed by atoms with van der Waals surface area (Å²) in [5.41, 5.74) is 0.858. The lowest BCUT2D eigenvalue weighted by Gasteiger charge is -2.31. The van der Waals surface area contributed by atoms with E-state index >= 15 is 0 Å². The highest BCUT2D eigenvalue weighted by Crippen LogP contribution is 2.40. The van der Waals surface area contributed by atoms with Gasteiger partial charge >= 0.3 is 5.97 Å². The van der Waals surface area contributed by atoms with Crippen LogP contribution in [-0.2, 0) is 4.79 Å². The van der Waals surface area contributed by atoms with E-state index in [4.69, 9.17) is 4.74 Å². The minimum absolute atomic E-state index is 0.296. The van der Waals surface area contributed by atoms with Gasteiger partial charge in [0.2, 0.25) is 0 Å². The quantitative estimate of drug-likeness (QED) is 0.848. The third kappa shape index (κ3) is 2.03. The van der Waals surface area contributed by atoms with Crippen LogP contribution in [0.2, 0.25) is 0 Å². The fourth-order valence-corrected chi connectivity index (χ4v) is 2.22. The average Bonchev–Trinajstić information content (AvgIpc) is 2.22. The molecule has 1 N–H and O–H groups in total. The Kier molecular flexibility index (Phi) is 3.13. The largest absolute Gasteiger partial charge is 0.497 e. The second-order valence-corrected chi connectivity index (χ2v) is 4.28. The van der Waals surface area contributed by atoms with Crippen LogP contribution in [0.4, 0.5) is 0 Å². The highest BCUT2D eigenvalue weighted by Gasteiger charge is 2.33. The number of aliphatic carboxylic acids is 1. The van der Waals surface area contributed by atoms with Gasteiger partial charge in [-0.2, -0.15) is 0 Å². The van der Waals surface area contributed by atoms with Crippen LogP contribution in [0.1, 0.15) is 30.7 Å². The normalized spacial score (nSPS) is 17.6. The first-order chi connectivity index (χ1) is 7.72. The number of carboxylic acid groups (broad SMARTS) is 1. The first-order valence-corrected chi connectivity index (χ1v) is 5.59. The number of rotatable bonds is 4. The van der Waals surface area contributed by atoms with Gasteiger partial charge in [0, 0.05) is 0 Å². The molecule has 0 spiro atoms. The molecule has 86 valence electrons. The number of carboxylic acids is 1. The number of hydrogen-bond donors (Lipinski definition) is 1. The van der Waals surface area contributed by atoms with Gasteiger partial charge in [-0.3, -0.25) is 4.79 Å². The molecule has 2 rings (SSSR count). The lowest BCUT2D eigenvalue weighted by atomic mass is 9.73. The monoisotopic (exact) mass is 220 g/mol. The van der Waals surface area contributed by atoms with E-state index in [9.17, 15) is 9.90 Å². The Bertz CT molecular complexity index is 383. The van der Waals surface area contributed by atoms with E-state index in [1.165, 1.54) is 0 Å². The summed E-state index contributed by atoms with van der Waals surface area (Å²) in [4.78, 5) is 11.3. The minimum atomic E-state index is -0.724. The maximum Gasteiger partial charge on any atom is 0.311 e.